The van der Waals surface area contributed by atoms with Crippen LogP contribution in [0, 0.1) is 0 Å². The Balaban J connectivity index is 1.48. The summed E-state index contributed by atoms with van der Waals surface area (Å²) in [6.45, 7) is 3.88. The zero-order valence-electron chi connectivity index (χ0n) is 17.6. The Kier molecular flexibility index (Phi) is 7.76. The van der Waals surface area contributed by atoms with E-state index in [1.165, 1.54) is 11.1 Å². The standard InChI is InChI=1S/C23H31N3O3/c1-24-23(25-10-12-29-17-18-7-5-4-6-8-18)26-11-9-19(16-26)20-13-21(27-2)15-22(14-20)28-3/h4-8,13-15,19H,9-12,16-17H2,1-3H3,(H,24,25). The smallest absolute Gasteiger partial charge is 0.193 e. The molecule has 0 radical (unpaired) electrons. The molecule has 2 aromatic carbocycles. The van der Waals surface area contributed by atoms with Crippen LogP contribution in [0.1, 0.15) is 23.5 Å². The second kappa shape index (κ2) is 10.7. The molecule has 29 heavy (non-hydrogen) atoms. The highest BCUT2D eigenvalue weighted by atomic mass is 16.5. The van der Waals surface area contributed by atoms with Crippen LogP contribution >= 0.6 is 0 Å². The first-order chi connectivity index (χ1) is 14.2. The molecule has 0 aromatic heterocycles. The minimum Gasteiger partial charge on any atom is -0.497 e. The van der Waals surface area contributed by atoms with E-state index in [1.807, 2.05) is 31.3 Å². The second-order valence-corrected chi connectivity index (χ2v) is 7.09. The Labute approximate surface area is 173 Å². The topological polar surface area (TPSA) is 55.3 Å². The SMILES string of the molecule is CN=C(NCCOCc1ccccc1)N1CCC(c2cc(OC)cc(OC)c2)C1. The predicted octanol–water partition coefficient (Wildman–Crippen LogP) is 3.29. The highest BCUT2D eigenvalue weighted by Crippen LogP contribution is 2.32. The molecule has 0 saturated carbocycles. The van der Waals surface area contributed by atoms with Crippen LogP contribution in [0.3, 0.4) is 0 Å². The van der Waals surface area contributed by atoms with Crippen molar-refractivity contribution in [1.82, 2.24) is 10.2 Å². The summed E-state index contributed by atoms with van der Waals surface area (Å²) in [5, 5.41) is 3.42. The molecule has 1 aliphatic heterocycles. The van der Waals surface area contributed by atoms with Crippen molar-refractivity contribution in [3.8, 4) is 11.5 Å². The van der Waals surface area contributed by atoms with Crippen LogP contribution < -0.4 is 14.8 Å². The van der Waals surface area contributed by atoms with Crippen LogP contribution in [0.5, 0.6) is 11.5 Å². The van der Waals surface area contributed by atoms with E-state index < -0.39 is 0 Å². The van der Waals surface area contributed by atoms with Crippen molar-refractivity contribution in [3.63, 3.8) is 0 Å². The van der Waals surface area contributed by atoms with Crippen LogP contribution in [0.2, 0.25) is 0 Å². The van der Waals surface area contributed by atoms with Gasteiger partial charge in [0.15, 0.2) is 5.96 Å². The first-order valence-corrected chi connectivity index (χ1v) is 10.0. The van der Waals surface area contributed by atoms with Crippen LogP contribution in [-0.2, 0) is 11.3 Å². The fraction of sp³-hybridized carbons (Fsp3) is 0.435. The van der Waals surface area contributed by atoms with Crippen molar-refractivity contribution in [2.45, 2.75) is 18.9 Å². The zero-order chi connectivity index (χ0) is 20.5. The third-order valence-corrected chi connectivity index (χ3v) is 5.19. The molecule has 0 spiro atoms. The van der Waals surface area contributed by atoms with Crippen molar-refractivity contribution >= 4 is 5.96 Å². The van der Waals surface area contributed by atoms with Crippen molar-refractivity contribution in [1.29, 1.82) is 0 Å². The summed E-state index contributed by atoms with van der Waals surface area (Å²) in [5.41, 5.74) is 2.43. The van der Waals surface area contributed by atoms with E-state index in [-0.39, 0.29) is 0 Å². The van der Waals surface area contributed by atoms with Gasteiger partial charge in [-0.2, -0.15) is 0 Å². The third kappa shape index (κ3) is 5.87. The van der Waals surface area contributed by atoms with Crippen molar-refractivity contribution in [2.75, 3.05) is 47.5 Å². The van der Waals surface area contributed by atoms with Gasteiger partial charge in [-0.25, -0.2) is 0 Å². The quantitative estimate of drug-likeness (QED) is 0.421. The molecule has 1 fully saturated rings. The number of hydrogen-bond acceptors (Lipinski definition) is 4. The average Bonchev–Trinajstić information content (AvgIpc) is 3.26. The lowest BCUT2D eigenvalue weighted by atomic mass is 9.98. The lowest BCUT2D eigenvalue weighted by Gasteiger charge is -2.22. The minimum absolute atomic E-state index is 0.423. The number of nitrogens with zero attached hydrogens (tertiary/aromatic N) is 2. The summed E-state index contributed by atoms with van der Waals surface area (Å²) < 4.78 is 16.6. The van der Waals surface area contributed by atoms with E-state index in [0.717, 1.165) is 43.5 Å². The van der Waals surface area contributed by atoms with Gasteiger partial charge in [0.1, 0.15) is 11.5 Å². The summed E-state index contributed by atoms with van der Waals surface area (Å²) in [5.74, 6) is 3.00. The summed E-state index contributed by atoms with van der Waals surface area (Å²) >= 11 is 0. The average molecular weight is 398 g/mol. The van der Waals surface area contributed by atoms with E-state index >= 15 is 0 Å². The number of nitrogens with one attached hydrogen (secondary N) is 1. The molecule has 2 aromatic rings. The number of rotatable bonds is 8. The van der Waals surface area contributed by atoms with E-state index in [9.17, 15) is 0 Å². The van der Waals surface area contributed by atoms with E-state index in [2.05, 4.69) is 39.5 Å². The summed E-state index contributed by atoms with van der Waals surface area (Å²) in [6.07, 6.45) is 1.07. The van der Waals surface area contributed by atoms with Gasteiger partial charge in [0, 0.05) is 38.7 Å². The van der Waals surface area contributed by atoms with Gasteiger partial charge >= 0.3 is 0 Å². The number of aliphatic imine (C=N–C) groups is 1. The Bertz CT molecular complexity index is 773. The summed E-state index contributed by atoms with van der Waals surface area (Å²) in [7, 11) is 5.20. The number of ether oxygens (including phenoxy) is 3. The highest BCUT2D eigenvalue weighted by molar-refractivity contribution is 5.80. The molecule has 1 aliphatic rings. The van der Waals surface area contributed by atoms with E-state index in [0.29, 0.717) is 19.1 Å². The first kappa shape index (κ1) is 21.0. The fourth-order valence-corrected chi connectivity index (χ4v) is 3.62. The molecule has 156 valence electrons. The lowest BCUT2D eigenvalue weighted by molar-refractivity contribution is 0.125. The van der Waals surface area contributed by atoms with Crippen molar-refractivity contribution in [2.24, 2.45) is 4.99 Å². The molecule has 0 bridgehead atoms. The first-order valence-electron chi connectivity index (χ1n) is 10.0. The van der Waals surface area contributed by atoms with Crippen molar-refractivity contribution < 1.29 is 14.2 Å². The van der Waals surface area contributed by atoms with E-state index in [1.54, 1.807) is 14.2 Å². The molecule has 6 heteroatoms. The molecular weight excluding hydrogens is 366 g/mol. The molecule has 1 atom stereocenters. The second-order valence-electron chi connectivity index (χ2n) is 7.09. The molecule has 1 N–H and O–H groups in total. The number of likely N-dealkylation sites (tertiary alicyclic amines) is 1. The Morgan fingerprint density at radius 1 is 1.10 bits per heavy atom. The van der Waals surface area contributed by atoms with Gasteiger partial charge in [0.2, 0.25) is 0 Å². The molecule has 0 amide bonds. The normalized spacial score (nSPS) is 16.7. The summed E-state index contributed by atoms with van der Waals surface area (Å²) in [6, 6.07) is 16.3. The monoisotopic (exact) mass is 397 g/mol. The van der Waals surface area contributed by atoms with Crippen LogP contribution in [0.25, 0.3) is 0 Å². The molecule has 6 nitrogen and oxygen atoms in total. The maximum absolute atomic E-state index is 5.75. The predicted molar refractivity (Wildman–Crippen MR) is 116 cm³/mol. The van der Waals surface area contributed by atoms with Gasteiger partial charge in [-0.15, -0.1) is 0 Å². The molecule has 3 rings (SSSR count). The maximum Gasteiger partial charge on any atom is 0.193 e. The van der Waals surface area contributed by atoms with Crippen LogP contribution in [-0.4, -0.2) is 58.4 Å². The van der Waals surface area contributed by atoms with Crippen LogP contribution in [0.4, 0.5) is 0 Å². The van der Waals surface area contributed by atoms with Crippen molar-refractivity contribution in [3.05, 3.63) is 59.7 Å². The number of methoxy groups -OCH3 is 2. The van der Waals surface area contributed by atoms with Gasteiger partial charge in [-0.3, -0.25) is 4.99 Å². The number of benzene rings is 2. The van der Waals surface area contributed by atoms with Gasteiger partial charge in [-0.05, 0) is 29.7 Å². The lowest BCUT2D eigenvalue weighted by Crippen LogP contribution is -2.41. The Morgan fingerprint density at radius 3 is 2.48 bits per heavy atom. The Hall–Kier alpha value is -2.73. The maximum atomic E-state index is 5.75. The molecular formula is C23H31N3O3. The van der Waals surface area contributed by atoms with E-state index in [4.69, 9.17) is 14.2 Å². The number of guanidine groups is 1. The zero-order valence-corrected chi connectivity index (χ0v) is 17.6. The molecule has 0 aliphatic carbocycles. The fourth-order valence-electron chi connectivity index (χ4n) is 3.62. The van der Waals surface area contributed by atoms with Gasteiger partial charge < -0.3 is 24.4 Å². The van der Waals surface area contributed by atoms with Gasteiger partial charge in [0.25, 0.3) is 0 Å². The molecule has 1 saturated heterocycles. The Morgan fingerprint density at radius 2 is 1.83 bits per heavy atom. The largest absolute Gasteiger partial charge is 0.497 e. The van der Waals surface area contributed by atoms with Gasteiger partial charge in [-0.1, -0.05) is 30.3 Å². The summed E-state index contributed by atoms with van der Waals surface area (Å²) in [4.78, 5) is 6.75. The highest BCUT2D eigenvalue weighted by Gasteiger charge is 2.26. The molecule has 1 unspecified atom stereocenters. The molecule has 1 heterocycles. The van der Waals surface area contributed by atoms with Crippen LogP contribution in [0.15, 0.2) is 53.5 Å². The third-order valence-electron chi connectivity index (χ3n) is 5.19. The minimum atomic E-state index is 0.423. The number of hydrogen-bond donors (Lipinski definition) is 1. The van der Waals surface area contributed by atoms with Gasteiger partial charge in [0.05, 0.1) is 27.4 Å².